The van der Waals surface area contributed by atoms with Gasteiger partial charge in [0.05, 0.1) is 37.5 Å². The number of nitrogens with zero attached hydrogens (tertiary/aromatic N) is 6. The van der Waals surface area contributed by atoms with Gasteiger partial charge in [-0.1, -0.05) is 0 Å². The molecule has 4 aromatic heterocycles. The lowest BCUT2D eigenvalue weighted by Crippen LogP contribution is -2.20. The average Bonchev–Trinajstić information content (AvgIpc) is 3.30. The Kier molecular flexibility index (Phi) is 5.78. The molecule has 0 saturated heterocycles. The summed E-state index contributed by atoms with van der Waals surface area (Å²) in [6.45, 7) is 0.510. The molecule has 0 aliphatic heterocycles. The van der Waals surface area contributed by atoms with E-state index in [9.17, 15) is 0 Å². The highest BCUT2D eigenvalue weighted by Gasteiger charge is 2.17. The van der Waals surface area contributed by atoms with Crippen molar-refractivity contribution in [2.45, 2.75) is 6.54 Å². The van der Waals surface area contributed by atoms with Crippen molar-refractivity contribution < 1.29 is 9.47 Å². The van der Waals surface area contributed by atoms with E-state index in [1.165, 1.54) is 0 Å². The third kappa shape index (κ3) is 4.25. The summed E-state index contributed by atoms with van der Waals surface area (Å²) in [5.41, 5.74) is 4.52. The van der Waals surface area contributed by atoms with Gasteiger partial charge < -0.3 is 18.9 Å². The van der Waals surface area contributed by atoms with Crippen molar-refractivity contribution in [2.75, 3.05) is 19.1 Å². The van der Waals surface area contributed by atoms with E-state index in [1.807, 2.05) is 72.5 Å². The second kappa shape index (κ2) is 9.19. The van der Waals surface area contributed by atoms with Gasteiger partial charge in [-0.15, -0.1) is 0 Å². The smallest absolute Gasteiger partial charge is 0.134 e. The van der Waals surface area contributed by atoms with E-state index in [4.69, 9.17) is 14.5 Å². The molecule has 8 nitrogen and oxygen atoms in total. The molecule has 4 heterocycles. The van der Waals surface area contributed by atoms with E-state index in [-0.39, 0.29) is 0 Å². The molecule has 34 heavy (non-hydrogen) atoms. The standard InChI is InChI=1S/C26H24N6O2/c1-31-11-10-28-26(31)17-32(20-13-21(33-2)15-22(14-20)34-3)25-5-4-23-24(30-25)12-19(16-29-23)18-6-8-27-9-7-18/h4-16H,17H2,1-3H3. The number of anilines is 2. The number of imidazole rings is 1. The number of benzene rings is 1. The van der Waals surface area contributed by atoms with Gasteiger partial charge in [0.25, 0.3) is 0 Å². The number of rotatable bonds is 7. The van der Waals surface area contributed by atoms with Gasteiger partial charge in [-0.05, 0) is 35.9 Å². The van der Waals surface area contributed by atoms with Crippen LogP contribution in [0.1, 0.15) is 5.82 Å². The number of hydrogen-bond donors (Lipinski definition) is 0. The molecule has 5 aromatic rings. The lowest BCUT2D eigenvalue weighted by atomic mass is 10.1. The highest BCUT2D eigenvalue weighted by molar-refractivity contribution is 5.82. The molecule has 0 radical (unpaired) electrons. The van der Waals surface area contributed by atoms with Crippen molar-refractivity contribution in [3.05, 3.63) is 85.3 Å². The first-order valence-electron chi connectivity index (χ1n) is 10.8. The van der Waals surface area contributed by atoms with Crippen LogP contribution in [0.4, 0.5) is 11.5 Å². The molecule has 170 valence electrons. The molecule has 0 aliphatic carbocycles. The van der Waals surface area contributed by atoms with Gasteiger partial charge in [0.1, 0.15) is 23.1 Å². The quantitative estimate of drug-likeness (QED) is 0.352. The molecule has 0 unspecified atom stereocenters. The number of methoxy groups -OCH3 is 2. The maximum absolute atomic E-state index is 5.51. The van der Waals surface area contributed by atoms with E-state index in [0.29, 0.717) is 18.0 Å². The predicted octanol–water partition coefficient (Wildman–Crippen LogP) is 4.78. The van der Waals surface area contributed by atoms with Crippen LogP contribution in [0.25, 0.3) is 22.2 Å². The van der Waals surface area contributed by atoms with E-state index < -0.39 is 0 Å². The third-order valence-corrected chi connectivity index (χ3v) is 5.68. The maximum Gasteiger partial charge on any atom is 0.134 e. The molecule has 0 amide bonds. The minimum absolute atomic E-state index is 0.510. The molecular formula is C26H24N6O2. The fourth-order valence-electron chi connectivity index (χ4n) is 3.79. The van der Waals surface area contributed by atoms with Crippen molar-refractivity contribution in [1.82, 2.24) is 24.5 Å². The zero-order chi connectivity index (χ0) is 23.5. The number of ether oxygens (including phenoxy) is 2. The summed E-state index contributed by atoms with van der Waals surface area (Å²) in [6, 6.07) is 15.7. The summed E-state index contributed by atoms with van der Waals surface area (Å²) in [5.74, 6) is 3.05. The minimum atomic E-state index is 0.510. The van der Waals surface area contributed by atoms with Gasteiger partial charge in [-0.3, -0.25) is 9.97 Å². The van der Waals surface area contributed by atoms with Crippen LogP contribution in [0.3, 0.4) is 0 Å². The average molecular weight is 453 g/mol. The van der Waals surface area contributed by atoms with Crippen LogP contribution in [0, 0.1) is 0 Å². The summed E-state index contributed by atoms with van der Waals surface area (Å²) in [7, 11) is 5.26. The second-order valence-corrected chi connectivity index (χ2v) is 7.78. The van der Waals surface area contributed by atoms with Crippen LogP contribution < -0.4 is 14.4 Å². The zero-order valence-corrected chi connectivity index (χ0v) is 19.2. The Balaban J connectivity index is 1.63. The molecule has 0 bridgehead atoms. The summed E-state index contributed by atoms with van der Waals surface area (Å²) >= 11 is 0. The first-order valence-corrected chi connectivity index (χ1v) is 10.8. The summed E-state index contributed by atoms with van der Waals surface area (Å²) in [4.78, 5) is 20.3. The fraction of sp³-hybridized carbons (Fsp3) is 0.154. The van der Waals surface area contributed by atoms with Crippen LogP contribution in [0.5, 0.6) is 11.5 Å². The lowest BCUT2D eigenvalue weighted by molar-refractivity contribution is 0.394. The second-order valence-electron chi connectivity index (χ2n) is 7.78. The highest BCUT2D eigenvalue weighted by atomic mass is 16.5. The summed E-state index contributed by atoms with van der Waals surface area (Å²) < 4.78 is 13.0. The third-order valence-electron chi connectivity index (χ3n) is 5.68. The Morgan fingerprint density at radius 2 is 1.59 bits per heavy atom. The molecule has 0 fully saturated rings. The highest BCUT2D eigenvalue weighted by Crippen LogP contribution is 2.34. The van der Waals surface area contributed by atoms with Crippen LogP contribution >= 0.6 is 0 Å². The number of aromatic nitrogens is 5. The minimum Gasteiger partial charge on any atom is -0.497 e. The molecule has 0 atom stereocenters. The Labute approximate surface area is 197 Å². The molecule has 0 N–H and O–H groups in total. The monoisotopic (exact) mass is 452 g/mol. The lowest BCUT2D eigenvalue weighted by Gasteiger charge is -2.25. The van der Waals surface area contributed by atoms with E-state index in [1.54, 1.807) is 32.8 Å². The van der Waals surface area contributed by atoms with Crippen LogP contribution in [-0.2, 0) is 13.6 Å². The summed E-state index contributed by atoms with van der Waals surface area (Å²) in [6.07, 6.45) is 9.12. The van der Waals surface area contributed by atoms with Gasteiger partial charge in [0, 0.05) is 61.8 Å². The van der Waals surface area contributed by atoms with E-state index in [2.05, 4.69) is 19.9 Å². The Hall–Kier alpha value is -4.46. The molecule has 8 heteroatoms. The van der Waals surface area contributed by atoms with Gasteiger partial charge in [0.2, 0.25) is 0 Å². The van der Waals surface area contributed by atoms with Crippen molar-refractivity contribution >= 4 is 22.5 Å². The molecule has 0 saturated carbocycles. The zero-order valence-electron chi connectivity index (χ0n) is 19.2. The Bertz CT molecular complexity index is 1410. The van der Waals surface area contributed by atoms with Crippen LogP contribution in [0.15, 0.2) is 79.5 Å². The SMILES string of the molecule is COc1cc(OC)cc(N(Cc2nccn2C)c2ccc3ncc(-c4ccncc4)cc3n2)c1. The first-order chi connectivity index (χ1) is 16.6. The van der Waals surface area contributed by atoms with Crippen molar-refractivity contribution in [3.8, 4) is 22.6 Å². The van der Waals surface area contributed by atoms with Crippen molar-refractivity contribution in [2.24, 2.45) is 7.05 Å². The number of fused-ring (bicyclic) bond motifs is 1. The molecule has 0 spiro atoms. The van der Waals surface area contributed by atoms with Crippen molar-refractivity contribution in [1.29, 1.82) is 0 Å². The normalized spacial score (nSPS) is 10.9. The largest absolute Gasteiger partial charge is 0.497 e. The molecule has 5 rings (SSSR count). The molecule has 0 aliphatic rings. The van der Waals surface area contributed by atoms with Gasteiger partial charge in [-0.25, -0.2) is 9.97 Å². The van der Waals surface area contributed by atoms with Crippen LogP contribution in [0.2, 0.25) is 0 Å². The summed E-state index contributed by atoms with van der Waals surface area (Å²) in [5, 5.41) is 0. The van der Waals surface area contributed by atoms with Crippen molar-refractivity contribution in [3.63, 3.8) is 0 Å². The van der Waals surface area contributed by atoms with Gasteiger partial charge in [0.15, 0.2) is 0 Å². The van der Waals surface area contributed by atoms with E-state index >= 15 is 0 Å². The number of pyridine rings is 3. The molecular weight excluding hydrogens is 428 g/mol. The van der Waals surface area contributed by atoms with E-state index in [0.717, 1.165) is 39.5 Å². The maximum atomic E-state index is 5.51. The van der Waals surface area contributed by atoms with Gasteiger partial charge >= 0.3 is 0 Å². The number of hydrogen-bond acceptors (Lipinski definition) is 7. The fourth-order valence-corrected chi connectivity index (χ4v) is 3.79. The number of aryl methyl sites for hydroxylation is 1. The van der Waals surface area contributed by atoms with Crippen LogP contribution in [-0.4, -0.2) is 38.7 Å². The predicted molar refractivity (Wildman–Crippen MR) is 131 cm³/mol. The van der Waals surface area contributed by atoms with Gasteiger partial charge in [-0.2, -0.15) is 0 Å². The molecule has 1 aromatic carbocycles. The Morgan fingerprint density at radius 3 is 2.26 bits per heavy atom. The first kappa shape index (κ1) is 21.4. The Morgan fingerprint density at radius 1 is 0.824 bits per heavy atom. The topological polar surface area (TPSA) is 78.2 Å².